The lowest BCUT2D eigenvalue weighted by Gasteiger charge is -2.17. The van der Waals surface area contributed by atoms with Crippen molar-refractivity contribution < 1.29 is 5.11 Å². The Hall–Kier alpha value is -1.22. The summed E-state index contributed by atoms with van der Waals surface area (Å²) in [7, 11) is 3.69. The second kappa shape index (κ2) is 6.31. The number of rotatable bonds is 6. The third-order valence-electron chi connectivity index (χ3n) is 1.72. The smallest absolute Gasteiger partial charge is 0.0606 e. The molecule has 0 unspecified atom stereocenters. The number of hydrogen-bond acceptors (Lipinski definition) is 3. The summed E-state index contributed by atoms with van der Waals surface area (Å²) in [6, 6.07) is 0. The number of allylic oxidation sites excluding steroid dienone is 2. The average molecular weight is 182 g/mol. The minimum atomic E-state index is 0.135. The van der Waals surface area contributed by atoms with E-state index in [1.165, 1.54) is 0 Å². The van der Waals surface area contributed by atoms with Crippen molar-refractivity contribution in [2.24, 2.45) is 0 Å². The van der Waals surface area contributed by atoms with Gasteiger partial charge in [-0.25, -0.2) is 0 Å². The van der Waals surface area contributed by atoms with E-state index in [9.17, 15) is 0 Å². The molecular weight excluding hydrogens is 164 g/mol. The van der Waals surface area contributed by atoms with Crippen LogP contribution in [0.25, 0.3) is 0 Å². The van der Waals surface area contributed by atoms with E-state index in [2.05, 4.69) is 18.5 Å². The number of nitrogens with one attached hydrogen (secondary N) is 1. The Bertz CT molecular complexity index is 209. The number of nitrogens with zero attached hydrogens (tertiary/aromatic N) is 1. The number of likely N-dealkylation sites (N-methyl/N-ethyl adjacent to an activating group) is 2. The summed E-state index contributed by atoms with van der Waals surface area (Å²) in [5, 5.41) is 11.6. The molecule has 0 bridgehead atoms. The normalized spacial score (nSPS) is 10.1. The van der Waals surface area contributed by atoms with Gasteiger partial charge in [-0.2, -0.15) is 0 Å². The largest absolute Gasteiger partial charge is 0.395 e. The lowest BCUT2D eigenvalue weighted by Crippen LogP contribution is -2.19. The van der Waals surface area contributed by atoms with Gasteiger partial charge in [-0.05, 0) is 12.2 Å². The molecule has 2 N–H and O–H groups in total. The van der Waals surface area contributed by atoms with Gasteiger partial charge in [0.2, 0.25) is 0 Å². The lowest BCUT2D eigenvalue weighted by molar-refractivity contribution is 0.249. The maximum atomic E-state index is 8.67. The van der Waals surface area contributed by atoms with Crippen molar-refractivity contribution in [1.82, 2.24) is 10.2 Å². The maximum absolute atomic E-state index is 8.67. The van der Waals surface area contributed by atoms with Gasteiger partial charge in [-0.15, -0.1) is 0 Å². The number of aliphatic hydroxyl groups is 1. The van der Waals surface area contributed by atoms with E-state index < -0.39 is 0 Å². The summed E-state index contributed by atoms with van der Waals surface area (Å²) in [6.45, 7) is 8.31. The van der Waals surface area contributed by atoms with Crippen molar-refractivity contribution in [1.29, 1.82) is 0 Å². The van der Waals surface area contributed by atoms with Gasteiger partial charge in [0.05, 0.1) is 6.61 Å². The summed E-state index contributed by atoms with van der Waals surface area (Å²) in [6.07, 6.45) is 3.70. The molecule has 0 radical (unpaired) electrons. The zero-order valence-corrected chi connectivity index (χ0v) is 8.38. The van der Waals surface area contributed by atoms with Crippen molar-refractivity contribution in [2.45, 2.75) is 0 Å². The number of hydrogen-bond donors (Lipinski definition) is 2. The standard InChI is InChI=1S/C10H18N2O/c1-9(11-3)5-6-10(2)12(4)7-8-13/h5-6,11,13H,1-2,7-8H2,3-4H3/b6-5-. The quantitative estimate of drug-likeness (QED) is 0.594. The molecule has 0 aromatic carbocycles. The molecule has 0 aliphatic carbocycles. The van der Waals surface area contributed by atoms with Gasteiger partial charge < -0.3 is 15.3 Å². The highest BCUT2D eigenvalue weighted by Crippen LogP contribution is 2.00. The molecule has 0 rings (SSSR count). The first-order valence-corrected chi connectivity index (χ1v) is 4.17. The highest BCUT2D eigenvalue weighted by atomic mass is 16.3. The first-order chi connectivity index (χ1) is 6.11. The summed E-state index contributed by atoms with van der Waals surface area (Å²) in [4.78, 5) is 1.87. The zero-order valence-electron chi connectivity index (χ0n) is 8.38. The molecule has 0 aromatic heterocycles. The summed E-state index contributed by atoms with van der Waals surface area (Å²) < 4.78 is 0. The maximum Gasteiger partial charge on any atom is 0.0606 e. The van der Waals surface area contributed by atoms with Crippen LogP contribution in [0.3, 0.4) is 0 Å². The van der Waals surface area contributed by atoms with Crippen molar-refractivity contribution in [2.75, 3.05) is 27.2 Å². The Labute approximate surface area is 80.1 Å². The average Bonchev–Trinajstić information content (AvgIpc) is 2.13. The fourth-order valence-corrected chi connectivity index (χ4v) is 0.701. The fraction of sp³-hybridized carbons (Fsp3) is 0.400. The van der Waals surface area contributed by atoms with Crippen LogP contribution in [0.1, 0.15) is 0 Å². The van der Waals surface area contributed by atoms with Crippen LogP contribution in [0.2, 0.25) is 0 Å². The van der Waals surface area contributed by atoms with Crippen molar-refractivity contribution >= 4 is 0 Å². The van der Waals surface area contributed by atoms with E-state index in [1.807, 2.05) is 31.1 Å². The molecule has 0 atom stereocenters. The second-order valence-electron chi connectivity index (χ2n) is 2.75. The Morgan fingerprint density at radius 2 is 2.08 bits per heavy atom. The van der Waals surface area contributed by atoms with Gasteiger partial charge in [0.25, 0.3) is 0 Å². The van der Waals surface area contributed by atoms with E-state index in [-0.39, 0.29) is 6.61 Å². The molecule has 0 spiro atoms. The fourth-order valence-electron chi connectivity index (χ4n) is 0.701. The molecule has 3 heteroatoms. The molecule has 0 fully saturated rings. The van der Waals surface area contributed by atoms with Crippen LogP contribution in [0.5, 0.6) is 0 Å². The predicted octanol–water partition coefficient (Wildman–Crippen LogP) is 0.713. The molecule has 0 aliphatic heterocycles. The van der Waals surface area contributed by atoms with Gasteiger partial charge >= 0.3 is 0 Å². The predicted molar refractivity (Wildman–Crippen MR) is 56.2 cm³/mol. The molecular formula is C10H18N2O. The molecule has 0 amide bonds. The third-order valence-corrected chi connectivity index (χ3v) is 1.72. The summed E-state index contributed by atoms with van der Waals surface area (Å²) in [5.41, 5.74) is 1.68. The van der Waals surface area contributed by atoms with Crippen LogP contribution in [-0.4, -0.2) is 37.3 Å². The third kappa shape index (κ3) is 5.09. The molecule has 3 nitrogen and oxygen atoms in total. The van der Waals surface area contributed by atoms with E-state index in [4.69, 9.17) is 5.11 Å². The van der Waals surface area contributed by atoms with E-state index in [0.29, 0.717) is 6.54 Å². The first kappa shape index (κ1) is 11.8. The summed E-state index contributed by atoms with van der Waals surface area (Å²) >= 11 is 0. The van der Waals surface area contributed by atoms with Crippen LogP contribution < -0.4 is 5.32 Å². The van der Waals surface area contributed by atoms with Crippen LogP contribution in [0.15, 0.2) is 36.7 Å². The lowest BCUT2D eigenvalue weighted by atomic mass is 10.3. The highest BCUT2D eigenvalue weighted by molar-refractivity contribution is 5.22. The van der Waals surface area contributed by atoms with E-state index in [0.717, 1.165) is 11.4 Å². The first-order valence-electron chi connectivity index (χ1n) is 4.17. The molecule has 0 aromatic rings. The number of aliphatic hydroxyl groups excluding tert-OH is 1. The minimum absolute atomic E-state index is 0.135. The SMILES string of the molecule is C=C(/C=C\C(=C)N(C)CCO)NC. The van der Waals surface area contributed by atoms with Crippen molar-refractivity contribution in [3.8, 4) is 0 Å². The van der Waals surface area contributed by atoms with E-state index >= 15 is 0 Å². The van der Waals surface area contributed by atoms with Crippen LogP contribution in [0.4, 0.5) is 0 Å². The van der Waals surface area contributed by atoms with Gasteiger partial charge in [-0.1, -0.05) is 13.2 Å². The molecule has 0 saturated carbocycles. The highest BCUT2D eigenvalue weighted by Gasteiger charge is 1.95. The minimum Gasteiger partial charge on any atom is -0.395 e. The van der Waals surface area contributed by atoms with Crippen molar-refractivity contribution in [3.63, 3.8) is 0 Å². The second-order valence-corrected chi connectivity index (χ2v) is 2.75. The van der Waals surface area contributed by atoms with E-state index in [1.54, 1.807) is 0 Å². The van der Waals surface area contributed by atoms with Crippen LogP contribution in [0, 0.1) is 0 Å². The van der Waals surface area contributed by atoms with Gasteiger partial charge in [-0.3, -0.25) is 0 Å². The molecule has 0 saturated heterocycles. The van der Waals surface area contributed by atoms with Crippen molar-refractivity contribution in [3.05, 3.63) is 36.7 Å². The summed E-state index contributed by atoms with van der Waals surface area (Å²) in [5.74, 6) is 0. The topological polar surface area (TPSA) is 35.5 Å². The molecule has 0 aliphatic rings. The van der Waals surface area contributed by atoms with Gasteiger partial charge in [0.1, 0.15) is 0 Å². The van der Waals surface area contributed by atoms with Gasteiger partial charge in [0.15, 0.2) is 0 Å². The Balaban J connectivity index is 3.98. The molecule has 0 heterocycles. The zero-order chi connectivity index (χ0) is 10.3. The monoisotopic (exact) mass is 182 g/mol. The molecule has 13 heavy (non-hydrogen) atoms. The molecule has 74 valence electrons. The Morgan fingerprint density at radius 1 is 1.46 bits per heavy atom. The Kier molecular flexibility index (Phi) is 5.72. The van der Waals surface area contributed by atoms with Gasteiger partial charge in [0, 0.05) is 32.0 Å². The van der Waals surface area contributed by atoms with Crippen LogP contribution >= 0.6 is 0 Å². The Morgan fingerprint density at radius 3 is 2.54 bits per heavy atom. The van der Waals surface area contributed by atoms with Crippen LogP contribution in [-0.2, 0) is 0 Å².